The van der Waals surface area contributed by atoms with E-state index in [-0.39, 0.29) is 0 Å². The standard InChI is InChI=1S/C11H13BrN4/c1-8-3-4-10(12)11(5-8)13-6-9-7-16(2)15-14-9/h3-5,7,13H,6H2,1-2H3. The molecule has 0 bridgehead atoms. The number of hydrogen-bond acceptors (Lipinski definition) is 3. The molecule has 0 aliphatic heterocycles. The Bertz CT molecular complexity index is 492. The summed E-state index contributed by atoms with van der Waals surface area (Å²) >= 11 is 3.51. The van der Waals surface area contributed by atoms with Crippen molar-refractivity contribution in [2.24, 2.45) is 7.05 Å². The fourth-order valence-electron chi connectivity index (χ4n) is 1.44. The molecule has 0 saturated heterocycles. The maximum atomic E-state index is 4.02. The number of rotatable bonds is 3. The van der Waals surface area contributed by atoms with Crippen LogP contribution in [0.15, 0.2) is 28.9 Å². The maximum absolute atomic E-state index is 4.02. The molecular formula is C11H13BrN4. The Morgan fingerprint density at radius 3 is 2.94 bits per heavy atom. The van der Waals surface area contributed by atoms with Gasteiger partial charge in [0.2, 0.25) is 0 Å². The summed E-state index contributed by atoms with van der Waals surface area (Å²) in [6.07, 6.45) is 1.90. The molecule has 4 nitrogen and oxygen atoms in total. The van der Waals surface area contributed by atoms with Gasteiger partial charge in [0.05, 0.1) is 6.54 Å². The normalized spacial score (nSPS) is 10.4. The van der Waals surface area contributed by atoms with Gasteiger partial charge in [-0.15, -0.1) is 5.10 Å². The largest absolute Gasteiger partial charge is 0.378 e. The Kier molecular flexibility index (Phi) is 3.24. The van der Waals surface area contributed by atoms with Crippen LogP contribution >= 0.6 is 15.9 Å². The number of aromatic nitrogens is 3. The number of nitrogens with zero attached hydrogens (tertiary/aromatic N) is 3. The molecule has 1 aromatic carbocycles. The molecule has 0 fully saturated rings. The van der Waals surface area contributed by atoms with Gasteiger partial charge in [0, 0.05) is 23.4 Å². The van der Waals surface area contributed by atoms with Crippen molar-refractivity contribution in [1.82, 2.24) is 15.0 Å². The highest BCUT2D eigenvalue weighted by atomic mass is 79.9. The third-order valence-corrected chi connectivity index (χ3v) is 2.92. The lowest BCUT2D eigenvalue weighted by molar-refractivity contribution is 0.713. The highest BCUT2D eigenvalue weighted by Crippen LogP contribution is 2.23. The van der Waals surface area contributed by atoms with Crippen LogP contribution in [0.1, 0.15) is 11.3 Å². The minimum absolute atomic E-state index is 0.676. The summed E-state index contributed by atoms with van der Waals surface area (Å²) in [6.45, 7) is 2.75. The molecule has 0 aliphatic carbocycles. The van der Waals surface area contributed by atoms with Crippen molar-refractivity contribution in [2.45, 2.75) is 13.5 Å². The summed E-state index contributed by atoms with van der Waals surface area (Å²) in [5.41, 5.74) is 3.23. The van der Waals surface area contributed by atoms with E-state index in [4.69, 9.17) is 0 Å². The van der Waals surface area contributed by atoms with E-state index in [1.165, 1.54) is 5.56 Å². The van der Waals surface area contributed by atoms with Gasteiger partial charge in [-0.25, -0.2) is 0 Å². The fourth-order valence-corrected chi connectivity index (χ4v) is 1.82. The lowest BCUT2D eigenvalue weighted by atomic mass is 10.2. The summed E-state index contributed by atoms with van der Waals surface area (Å²) in [6, 6.07) is 6.20. The quantitative estimate of drug-likeness (QED) is 0.940. The zero-order valence-electron chi connectivity index (χ0n) is 9.24. The second kappa shape index (κ2) is 4.65. The Hall–Kier alpha value is -1.36. The van der Waals surface area contributed by atoms with Crippen molar-refractivity contribution in [1.29, 1.82) is 0 Å². The molecule has 0 radical (unpaired) electrons. The molecule has 1 aromatic heterocycles. The predicted molar refractivity (Wildman–Crippen MR) is 67.2 cm³/mol. The van der Waals surface area contributed by atoms with Crippen LogP contribution in [0.25, 0.3) is 0 Å². The number of benzene rings is 1. The van der Waals surface area contributed by atoms with Gasteiger partial charge in [0.1, 0.15) is 5.69 Å². The van der Waals surface area contributed by atoms with Crippen LogP contribution < -0.4 is 5.32 Å². The number of halogens is 1. The van der Waals surface area contributed by atoms with Crippen LogP contribution in [0, 0.1) is 6.92 Å². The van der Waals surface area contributed by atoms with Crippen molar-refractivity contribution in [3.8, 4) is 0 Å². The minimum Gasteiger partial charge on any atom is -0.378 e. The number of hydrogen-bond donors (Lipinski definition) is 1. The zero-order chi connectivity index (χ0) is 11.5. The predicted octanol–water partition coefficient (Wildman–Crippen LogP) is 2.50. The van der Waals surface area contributed by atoms with Crippen LogP contribution in [0.2, 0.25) is 0 Å². The second-order valence-electron chi connectivity index (χ2n) is 3.72. The first-order valence-electron chi connectivity index (χ1n) is 5.00. The lowest BCUT2D eigenvalue weighted by Crippen LogP contribution is -2.00. The van der Waals surface area contributed by atoms with Crippen molar-refractivity contribution in [2.75, 3.05) is 5.32 Å². The first-order valence-corrected chi connectivity index (χ1v) is 5.79. The van der Waals surface area contributed by atoms with Gasteiger partial charge in [0.25, 0.3) is 0 Å². The molecule has 0 aliphatic rings. The SMILES string of the molecule is Cc1ccc(Br)c(NCc2cn(C)nn2)c1. The fraction of sp³-hybridized carbons (Fsp3) is 0.273. The monoisotopic (exact) mass is 280 g/mol. The van der Waals surface area contributed by atoms with Gasteiger partial charge in [-0.3, -0.25) is 4.68 Å². The molecule has 0 spiro atoms. The Morgan fingerprint density at radius 2 is 2.25 bits per heavy atom. The van der Waals surface area contributed by atoms with E-state index < -0.39 is 0 Å². The molecule has 0 unspecified atom stereocenters. The van der Waals surface area contributed by atoms with Gasteiger partial charge in [0.15, 0.2) is 0 Å². The van der Waals surface area contributed by atoms with Crippen molar-refractivity contribution in [3.05, 3.63) is 40.1 Å². The van der Waals surface area contributed by atoms with Gasteiger partial charge in [-0.05, 0) is 40.5 Å². The van der Waals surface area contributed by atoms with Crippen molar-refractivity contribution in [3.63, 3.8) is 0 Å². The van der Waals surface area contributed by atoms with Gasteiger partial charge >= 0.3 is 0 Å². The number of nitrogens with one attached hydrogen (secondary N) is 1. The maximum Gasteiger partial charge on any atom is 0.102 e. The van der Waals surface area contributed by atoms with Crippen molar-refractivity contribution >= 4 is 21.6 Å². The molecule has 0 amide bonds. The van der Waals surface area contributed by atoms with Crippen LogP contribution in [-0.4, -0.2) is 15.0 Å². The van der Waals surface area contributed by atoms with Gasteiger partial charge < -0.3 is 5.32 Å². The molecule has 2 rings (SSSR count). The molecule has 2 aromatic rings. The van der Waals surface area contributed by atoms with E-state index >= 15 is 0 Å². The average molecular weight is 281 g/mol. The van der Waals surface area contributed by atoms with Crippen LogP contribution in [0.3, 0.4) is 0 Å². The third kappa shape index (κ3) is 2.61. The number of aryl methyl sites for hydroxylation is 2. The Morgan fingerprint density at radius 1 is 1.44 bits per heavy atom. The number of anilines is 1. The molecule has 0 saturated carbocycles. The summed E-state index contributed by atoms with van der Waals surface area (Å²) in [5, 5.41) is 11.2. The molecule has 1 N–H and O–H groups in total. The first kappa shape index (κ1) is 11.1. The minimum atomic E-state index is 0.676. The van der Waals surface area contributed by atoms with Gasteiger partial charge in [-0.2, -0.15) is 0 Å². The highest BCUT2D eigenvalue weighted by molar-refractivity contribution is 9.10. The molecular weight excluding hydrogens is 268 g/mol. The van der Waals surface area contributed by atoms with E-state index in [1.807, 2.05) is 19.3 Å². The molecule has 5 heteroatoms. The van der Waals surface area contributed by atoms with Gasteiger partial charge in [-0.1, -0.05) is 11.3 Å². The Balaban J connectivity index is 2.07. The topological polar surface area (TPSA) is 42.7 Å². The van der Waals surface area contributed by atoms with E-state index in [1.54, 1.807) is 4.68 Å². The highest BCUT2D eigenvalue weighted by Gasteiger charge is 2.01. The Labute approximate surface area is 103 Å². The van der Waals surface area contributed by atoms with E-state index in [0.717, 1.165) is 15.9 Å². The van der Waals surface area contributed by atoms with Crippen LogP contribution in [-0.2, 0) is 13.6 Å². The van der Waals surface area contributed by atoms with E-state index in [9.17, 15) is 0 Å². The summed E-state index contributed by atoms with van der Waals surface area (Å²) in [7, 11) is 1.86. The molecule has 1 heterocycles. The second-order valence-corrected chi connectivity index (χ2v) is 4.57. The molecule has 16 heavy (non-hydrogen) atoms. The third-order valence-electron chi connectivity index (χ3n) is 2.23. The molecule has 84 valence electrons. The summed E-state index contributed by atoms with van der Waals surface area (Å²) in [4.78, 5) is 0. The summed E-state index contributed by atoms with van der Waals surface area (Å²) in [5.74, 6) is 0. The van der Waals surface area contributed by atoms with Crippen LogP contribution in [0.4, 0.5) is 5.69 Å². The first-order chi connectivity index (χ1) is 7.65. The van der Waals surface area contributed by atoms with E-state index in [0.29, 0.717) is 6.54 Å². The smallest absolute Gasteiger partial charge is 0.102 e. The summed E-state index contributed by atoms with van der Waals surface area (Å²) < 4.78 is 2.75. The van der Waals surface area contributed by atoms with Crippen LogP contribution in [0.5, 0.6) is 0 Å². The zero-order valence-corrected chi connectivity index (χ0v) is 10.8. The average Bonchev–Trinajstić information content (AvgIpc) is 2.66. The van der Waals surface area contributed by atoms with E-state index in [2.05, 4.69) is 50.6 Å². The molecule has 0 atom stereocenters. The van der Waals surface area contributed by atoms with Crippen molar-refractivity contribution < 1.29 is 0 Å². The lowest BCUT2D eigenvalue weighted by Gasteiger charge is -2.07.